The quantitative estimate of drug-likeness (QED) is 0.655. The topological polar surface area (TPSA) is 42.3 Å². The molecule has 0 N–H and O–H groups in total. The summed E-state index contributed by atoms with van der Waals surface area (Å²) >= 11 is 7.25. The Balaban J connectivity index is 1.70. The highest BCUT2D eigenvalue weighted by Gasteiger charge is 2.41. The lowest BCUT2D eigenvalue weighted by atomic mass is 9.99. The van der Waals surface area contributed by atoms with Gasteiger partial charge in [0.2, 0.25) is 5.91 Å². The summed E-state index contributed by atoms with van der Waals surface area (Å²) in [7, 11) is 0. The van der Waals surface area contributed by atoms with Crippen molar-refractivity contribution in [2.24, 2.45) is 0 Å². The standard InChI is InChI=1S/C19H15ClF2N2O2S/c1-19(22)9-24(10-19)16(25)7-23-5-4-15-17(18(23)26)12(8-27-15)11-2-3-14(21)13(20)6-11/h2-6,8H,7,9-10H2,1H3. The fourth-order valence-corrected chi connectivity index (χ4v) is 4.39. The predicted molar refractivity (Wildman–Crippen MR) is 103 cm³/mol. The van der Waals surface area contributed by atoms with E-state index in [2.05, 4.69) is 0 Å². The van der Waals surface area contributed by atoms with Gasteiger partial charge in [0.25, 0.3) is 5.56 Å². The van der Waals surface area contributed by atoms with Crippen molar-refractivity contribution in [3.05, 3.63) is 57.0 Å². The molecule has 0 aliphatic carbocycles. The van der Waals surface area contributed by atoms with Crippen molar-refractivity contribution >= 4 is 38.9 Å². The van der Waals surface area contributed by atoms with Gasteiger partial charge in [-0.15, -0.1) is 11.3 Å². The number of pyridine rings is 1. The van der Waals surface area contributed by atoms with Gasteiger partial charge in [0.1, 0.15) is 18.0 Å². The van der Waals surface area contributed by atoms with Crippen LogP contribution in [0.1, 0.15) is 6.92 Å². The van der Waals surface area contributed by atoms with Crippen LogP contribution in [0.5, 0.6) is 0 Å². The highest BCUT2D eigenvalue weighted by molar-refractivity contribution is 7.17. The van der Waals surface area contributed by atoms with Crippen LogP contribution in [0.2, 0.25) is 5.02 Å². The van der Waals surface area contributed by atoms with E-state index in [0.29, 0.717) is 16.5 Å². The van der Waals surface area contributed by atoms with Crippen molar-refractivity contribution < 1.29 is 13.6 Å². The van der Waals surface area contributed by atoms with Crippen LogP contribution in [0.25, 0.3) is 21.2 Å². The third-order valence-electron chi connectivity index (χ3n) is 4.63. The number of nitrogens with zero attached hydrogens (tertiary/aromatic N) is 2. The molecule has 0 saturated carbocycles. The number of thiophene rings is 1. The van der Waals surface area contributed by atoms with E-state index in [1.165, 1.54) is 39.9 Å². The Kier molecular flexibility index (Phi) is 4.31. The second-order valence-electron chi connectivity index (χ2n) is 6.93. The van der Waals surface area contributed by atoms with E-state index in [1.807, 2.05) is 5.38 Å². The number of amides is 1. The first kappa shape index (κ1) is 18.1. The Labute approximate surface area is 162 Å². The van der Waals surface area contributed by atoms with Crippen LogP contribution in [0, 0.1) is 5.82 Å². The van der Waals surface area contributed by atoms with Crippen LogP contribution in [0.3, 0.4) is 0 Å². The number of likely N-dealkylation sites (tertiary alicyclic amines) is 1. The van der Waals surface area contributed by atoms with Crippen LogP contribution in [0.15, 0.2) is 40.6 Å². The summed E-state index contributed by atoms with van der Waals surface area (Å²) in [6.45, 7) is 1.38. The number of carbonyl (C=O) groups excluding carboxylic acids is 1. The van der Waals surface area contributed by atoms with E-state index >= 15 is 0 Å². The van der Waals surface area contributed by atoms with E-state index in [0.717, 1.165) is 4.70 Å². The maximum absolute atomic E-state index is 13.6. The number of alkyl halides is 1. The first-order chi connectivity index (χ1) is 12.7. The van der Waals surface area contributed by atoms with Crippen LogP contribution >= 0.6 is 22.9 Å². The fraction of sp³-hybridized carbons (Fsp3) is 0.263. The van der Waals surface area contributed by atoms with Gasteiger partial charge in [0.05, 0.1) is 23.5 Å². The second-order valence-corrected chi connectivity index (χ2v) is 8.25. The SMILES string of the molecule is CC1(F)CN(C(=O)Cn2ccc3scc(-c4ccc(F)c(Cl)c4)c3c2=O)C1. The number of rotatable bonds is 3. The molecule has 2 aromatic heterocycles. The van der Waals surface area contributed by atoms with E-state index < -0.39 is 11.5 Å². The summed E-state index contributed by atoms with van der Waals surface area (Å²) < 4.78 is 29.1. The zero-order valence-electron chi connectivity index (χ0n) is 14.3. The lowest BCUT2D eigenvalue weighted by Gasteiger charge is -2.42. The molecule has 27 heavy (non-hydrogen) atoms. The molecule has 3 heterocycles. The zero-order valence-corrected chi connectivity index (χ0v) is 15.9. The van der Waals surface area contributed by atoms with Crippen molar-refractivity contribution in [1.82, 2.24) is 9.47 Å². The molecule has 0 bridgehead atoms. The summed E-state index contributed by atoms with van der Waals surface area (Å²) in [5, 5.41) is 2.24. The number of halogens is 3. The van der Waals surface area contributed by atoms with Gasteiger partial charge >= 0.3 is 0 Å². The third-order valence-corrected chi connectivity index (χ3v) is 5.87. The minimum Gasteiger partial charge on any atom is -0.335 e. The molecule has 1 fully saturated rings. The average Bonchev–Trinajstić information content (AvgIpc) is 3.02. The van der Waals surface area contributed by atoms with E-state index in [4.69, 9.17) is 11.6 Å². The summed E-state index contributed by atoms with van der Waals surface area (Å²) in [5.74, 6) is -0.828. The molecule has 8 heteroatoms. The van der Waals surface area contributed by atoms with Gasteiger partial charge in [-0.2, -0.15) is 0 Å². The fourth-order valence-electron chi connectivity index (χ4n) is 3.26. The van der Waals surface area contributed by atoms with Crippen LogP contribution < -0.4 is 5.56 Å². The van der Waals surface area contributed by atoms with Crippen molar-refractivity contribution in [3.8, 4) is 11.1 Å². The average molecular weight is 409 g/mol. The predicted octanol–water partition coefficient (Wildman–Crippen LogP) is 4.09. The number of fused-ring (bicyclic) bond motifs is 1. The van der Waals surface area contributed by atoms with Crippen molar-refractivity contribution in [2.45, 2.75) is 19.1 Å². The number of benzene rings is 1. The van der Waals surface area contributed by atoms with Gasteiger partial charge in [0, 0.05) is 21.8 Å². The molecule has 3 aromatic rings. The molecule has 1 amide bonds. The molecular formula is C19H15ClF2N2O2S. The molecule has 140 valence electrons. The normalized spacial score (nSPS) is 15.8. The Morgan fingerprint density at radius 2 is 2.07 bits per heavy atom. The lowest BCUT2D eigenvalue weighted by molar-refractivity contribution is -0.144. The van der Waals surface area contributed by atoms with Gasteiger partial charge in [-0.05, 0) is 30.7 Å². The minimum absolute atomic E-state index is 0.0228. The van der Waals surface area contributed by atoms with Gasteiger partial charge in [0.15, 0.2) is 0 Å². The molecule has 0 radical (unpaired) electrons. The Morgan fingerprint density at radius 1 is 1.33 bits per heavy atom. The molecule has 4 nitrogen and oxygen atoms in total. The summed E-state index contributed by atoms with van der Waals surface area (Å²) in [5.41, 5.74) is -0.401. The summed E-state index contributed by atoms with van der Waals surface area (Å²) in [6.07, 6.45) is 1.56. The van der Waals surface area contributed by atoms with Crippen molar-refractivity contribution in [3.63, 3.8) is 0 Å². The molecule has 1 saturated heterocycles. The smallest absolute Gasteiger partial charge is 0.260 e. The molecule has 0 spiro atoms. The number of hydrogen-bond acceptors (Lipinski definition) is 3. The van der Waals surface area contributed by atoms with Crippen molar-refractivity contribution in [2.75, 3.05) is 13.1 Å². The molecule has 0 unspecified atom stereocenters. The van der Waals surface area contributed by atoms with Gasteiger partial charge in [-0.3, -0.25) is 9.59 Å². The van der Waals surface area contributed by atoms with Gasteiger partial charge in [-0.25, -0.2) is 8.78 Å². The zero-order chi connectivity index (χ0) is 19.3. The second kappa shape index (κ2) is 6.42. The number of carbonyl (C=O) groups is 1. The monoisotopic (exact) mass is 408 g/mol. The van der Waals surface area contributed by atoms with E-state index in [-0.39, 0.29) is 36.1 Å². The highest BCUT2D eigenvalue weighted by Crippen LogP contribution is 2.33. The van der Waals surface area contributed by atoms with Crippen LogP contribution in [-0.4, -0.2) is 34.1 Å². The Bertz CT molecular complexity index is 1110. The number of aromatic nitrogens is 1. The Hall–Kier alpha value is -2.25. The largest absolute Gasteiger partial charge is 0.335 e. The van der Waals surface area contributed by atoms with Crippen LogP contribution in [-0.2, 0) is 11.3 Å². The van der Waals surface area contributed by atoms with E-state index in [9.17, 15) is 18.4 Å². The molecule has 0 atom stereocenters. The van der Waals surface area contributed by atoms with Gasteiger partial charge in [-0.1, -0.05) is 17.7 Å². The van der Waals surface area contributed by atoms with Crippen LogP contribution in [0.4, 0.5) is 8.78 Å². The molecule has 1 aliphatic rings. The Morgan fingerprint density at radius 3 is 2.74 bits per heavy atom. The van der Waals surface area contributed by atoms with Crippen molar-refractivity contribution in [1.29, 1.82) is 0 Å². The minimum atomic E-state index is -1.35. The van der Waals surface area contributed by atoms with Gasteiger partial charge < -0.3 is 9.47 Å². The third kappa shape index (κ3) is 3.26. The lowest BCUT2D eigenvalue weighted by Crippen LogP contribution is -2.60. The molecule has 1 aliphatic heterocycles. The molecule has 1 aromatic carbocycles. The first-order valence-electron chi connectivity index (χ1n) is 8.28. The maximum atomic E-state index is 13.6. The first-order valence-corrected chi connectivity index (χ1v) is 9.54. The number of hydrogen-bond donors (Lipinski definition) is 0. The summed E-state index contributed by atoms with van der Waals surface area (Å²) in [4.78, 5) is 26.6. The molecular weight excluding hydrogens is 394 g/mol. The summed E-state index contributed by atoms with van der Waals surface area (Å²) in [6, 6.07) is 6.05. The highest BCUT2D eigenvalue weighted by atomic mass is 35.5. The van der Waals surface area contributed by atoms with E-state index in [1.54, 1.807) is 18.3 Å². The molecule has 4 rings (SSSR count). The maximum Gasteiger partial charge on any atom is 0.260 e.